The summed E-state index contributed by atoms with van der Waals surface area (Å²) in [6.45, 7) is 3.69. The molecule has 64 valence electrons. The predicted octanol–water partition coefficient (Wildman–Crippen LogP) is 1.83. The van der Waals surface area contributed by atoms with Crippen molar-refractivity contribution in [3.05, 3.63) is 35.9 Å². The summed E-state index contributed by atoms with van der Waals surface area (Å²) >= 11 is 0. The molecular formula is C10H12O2. The Morgan fingerprint density at radius 1 is 1.58 bits per heavy atom. The van der Waals surface area contributed by atoms with Crippen LogP contribution < -0.4 is 4.74 Å². The van der Waals surface area contributed by atoms with Gasteiger partial charge >= 0.3 is 0 Å². The van der Waals surface area contributed by atoms with Gasteiger partial charge in [0.25, 0.3) is 0 Å². The zero-order valence-electron chi connectivity index (χ0n) is 7.08. The standard InChI is InChI=1S/C10H12O2/c1-3-9-5-4-8(7-11)6-10(9)12-2/h3-6,11H,1,7H2,2H3. The summed E-state index contributed by atoms with van der Waals surface area (Å²) in [5.41, 5.74) is 1.78. The van der Waals surface area contributed by atoms with E-state index in [9.17, 15) is 0 Å². The molecule has 1 rings (SSSR count). The smallest absolute Gasteiger partial charge is 0.126 e. The molecule has 12 heavy (non-hydrogen) atoms. The fraction of sp³-hybridized carbons (Fsp3) is 0.200. The third kappa shape index (κ3) is 1.66. The zero-order valence-corrected chi connectivity index (χ0v) is 7.08. The topological polar surface area (TPSA) is 29.5 Å². The number of methoxy groups -OCH3 is 1. The van der Waals surface area contributed by atoms with Crippen molar-refractivity contribution in [2.75, 3.05) is 7.11 Å². The predicted molar refractivity (Wildman–Crippen MR) is 49.0 cm³/mol. The molecule has 0 saturated carbocycles. The van der Waals surface area contributed by atoms with E-state index in [0.29, 0.717) is 0 Å². The van der Waals surface area contributed by atoms with E-state index in [4.69, 9.17) is 9.84 Å². The molecule has 2 nitrogen and oxygen atoms in total. The third-order valence-corrected chi connectivity index (χ3v) is 1.70. The van der Waals surface area contributed by atoms with Crippen LogP contribution in [-0.2, 0) is 6.61 Å². The van der Waals surface area contributed by atoms with E-state index in [2.05, 4.69) is 6.58 Å². The minimum atomic E-state index is 0.0355. The molecule has 0 aliphatic heterocycles. The van der Waals surface area contributed by atoms with Crippen LogP contribution in [0.3, 0.4) is 0 Å². The van der Waals surface area contributed by atoms with Crippen molar-refractivity contribution in [1.82, 2.24) is 0 Å². The highest BCUT2D eigenvalue weighted by Gasteiger charge is 1.99. The maximum absolute atomic E-state index is 8.84. The normalized spacial score (nSPS) is 9.50. The molecular weight excluding hydrogens is 152 g/mol. The summed E-state index contributed by atoms with van der Waals surface area (Å²) < 4.78 is 5.10. The SMILES string of the molecule is C=Cc1ccc(CO)cc1OC. The molecule has 2 heteroatoms. The Morgan fingerprint density at radius 2 is 2.33 bits per heavy atom. The molecule has 0 spiro atoms. The molecule has 0 saturated heterocycles. The van der Waals surface area contributed by atoms with Gasteiger partial charge in [-0.25, -0.2) is 0 Å². The molecule has 0 bridgehead atoms. The van der Waals surface area contributed by atoms with Crippen LogP contribution >= 0.6 is 0 Å². The summed E-state index contributed by atoms with van der Waals surface area (Å²) in [6.07, 6.45) is 1.72. The lowest BCUT2D eigenvalue weighted by molar-refractivity contribution is 0.281. The molecule has 0 amide bonds. The number of aliphatic hydroxyl groups is 1. The number of rotatable bonds is 3. The Morgan fingerprint density at radius 3 is 2.83 bits per heavy atom. The van der Waals surface area contributed by atoms with E-state index in [1.165, 1.54) is 0 Å². The van der Waals surface area contributed by atoms with Crippen LogP contribution in [-0.4, -0.2) is 12.2 Å². The monoisotopic (exact) mass is 164 g/mol. The van der Waals surface area contributed by atoms with E-state index < -0.39 is 0 Å². The van der Waals surface area contributed by atoms with Gasteiger partial charge in [0.05, 0.1) is 13.7 Å². The van der Waals surface area contributed by atoms with Crippen molar-refractivity contribution in [3.8, 4) is 5.75 Å². The number of hydrogen-bond acceptors (Lipinski definition) is 2. The highest BCUT2D eigenvalue weighted by Crippen LogP contribution is 2.20. The largest absolute Gasteiger partial charge is 0.496 e. The second kappa shape index (κ2) is 3.93. The molecule has 0 fully saturated rings. The van der Waals surface area contributed by atoms with Crippen molar-refractivity contribution in [1.29, 1.82) is 0 Å². The number of ether oxygens (including phenoxy) is 1. The quantitative estimate of drug-likeness (QED) is 0.738. The number of benzene rings is 1. The van der Waals surface area contributed by atoms with Crippen LogP contribution in [0.2, 0.25) is 0 Å². The van der Waals surface area contributed by atoms with Crippen LogP contribution in [0.4, 0.5) is 0 Å². The minimum Gasteiger partial charge on any atom is -0.496 e. The summed E-state index contributed by atoms with van der Waals surface area (Å²) in [5, 5.41) is 8.84. The maximum Gasteiger partial charge on any atom is 0.126 e. The number of hydrogen-bond donors (Lipinski definition) is 1. The lowest BCUT2D eigenvalue weighted by Gasteiger charge is -2.05. The first kappa shape index (κ1) is 8.81. The van der Waals surface area contributed by atoms with E-state index in [1.54, 1.807) is 19.3 Å². The maximum atomic E-state index is 8.84. The van der Waals surface area contributed by atoms with Gasteiger partial charge in [0.2, 0.25) is 0 Å². The Bertz CT molecular complexity index is 279. The van der Waals surface area contributed by atoms with Crippen LogP contribution in [0.5, 0.6) is 5.75 Å². The molecule has 1 aromatic rings. The van der Waals surface area contributed by atoms with Crippen molar-refractivity contribution < 1.29 is 9.84 Å². The lowest BCUT2D eigenvalue weighted by Crippen LogP contribution is -1.89. The van der Waals surface area contributed by atoms with Crippen molar-refractivity contribution >= 4 is 6.08 Å². The van der Waals surface area contributed by atoms with Gasteiger partial charge < -0.3 is 9.84 Å². The first-order chi connectivity index (χ1) is 5.81. The average molecular weight is 164 g/mol. The van der Waals surface area contributed by atoms with Crippen LogP contribution in [0.25, 0.3) is 6.08 Å². The molecule has 0 aliphatic rings. The van der Waals surface area contributed by atoms with Crippen LogP contribution in [0, 0.1) is 0 Å². The third-order valence-electron chi connectivity index (χ3n) is 1.70. The van der Waals surface area contributed by atoms with Crippen molar-refractivity contribution in [3.63, 3.8) is 0 Å². The van der Waals surface area contributed by atoms with Crippen LogP contribution in [0.15, 0.2) is 24.8 Å². The van der Waals surface area contributed by atoms with Gasteiger partial charge in [-0.15, -0.1) is 0 Å². The second-order valence-electron chi connectivity index (χ2n) is 2.44. The molecule has 0 heterocycles. The van der Waals surface area contributed by atoms with Gasteiger partial charge in [0.1, 0.15) is 5.75 Å². The molecule has 1 aromatic carbocycles. The van der Waals surface area contributed by atoms with Gasteiger partial charge in [-0.3, -0.25) is 0 Å². The fourth-order valence-electron chi connectivity index (χ4n) is 1.02. The highest BCUT2D eigenvalue weighted by atomic mass is 16.5. The highest BCUT2D eigenvalue weighted by molar-refractivity contribution is 5.56. The molecule has 1 N–H and O–H groups in total. The van der Waals surface area contributed by atoms with Crippen LogP contribution in [0.1, 0.15) is 11.1 Å². The van der Waals surface area contributed by atoms with Gasteiger partial charge in [0, 0.05) is 5.56 Å². The molecule has 0 radical (unpaired) electrons. The van der Waals surface area contributed by atoms with E-state index in [-0.39, 0.29) is 6.61 Å². The molecule has 0 atom stereocenters. The molecule has 0 aliphatic carbocycles. The average Bonchev–Trinajstić information content (AvgIpc) is 2.16. The summed E-state index contributed by atoms with van der Waals surface area (Å²) in [7, 11) is 1.60. The Balaban J connectivity index is 3.10. The zero-order chi connectivity index (χ0) is 8.97. The first-order valence-electron chi connectivity index (χ1n) is 3.72. The fourth-order valence-corrected chi connectivity index (χ4v) is 1.02. The van der Waals surface area contributed by atoms with Gasteiger partial charge in [0.15, 0.2) is 0 Å². The van der Waals surface area contributed by atoms with E-state index in [1.807, 2.05) is 12.1 Å². The molecule has 0 unspecified atom stereocenters. The lowest BCUT2D eigenvalue weighted by atomic mass is 10.1. The Labute approximate surface area is 72.1 Å². The number of aliphatic hydroxyl groups excluding tert-OH is 1. The van der Waals surface area contributed by atoms with E-state index in [0.717, 1.165) is 16.9 Å². The van der Waals surface area contributed by atoms with Gasteiger partial charge in [-0.2, -0.15) is 0 Å². The summed E-state index contributed by atoms with van der Waals surface area (Å²) in [5.74, 6) is 0.747. The van der Waals surface area contributed by atoms with Crippen molar-refractivity contribution in [2.45, 2.75) is 6.61 Å². The molecule has 0 aromatic heterocycles. The van der Waals surface area contributed by atoms with E-state index >= 15 is 0 Å². The summed E-state index contributed by atoms with van der Waals surface area (Å²) in [6, 6.07) is 5.52. The van der Waals surface area contributed by atoms with Gasteiger partial charge in [-0.1, -0.05) is 24.8 Å². The second-order valence-corrected chi connectivity index (χ2v) is 2.44. The Kier molecular flexibility index (Phi) is 2.88. The minimum absolute atomic E-state index is 0.0355. The Hall–Kier alpha value is -1.28. The summed E-state index contributed by atoms with van der Waals surface area (Å²) in [4.78, 5) is 0. The first-order valence-corrected chi connectivity index (χ1v) is 3.72. The van der Waals surface area contributed by atoms with Gasteiger partial charge in [-0.05, 0) is 11.6 Å². The van der Waals surface area contributed by atoms with Crippen molar-refractivity contribution in [2.24, 2.45) is 0 Å².